The van der Waals surface area contributed by atoms with Gasteiger partial charge in [-0.3, -0.25) is 4.79 Å². The van der Waals surface area contributed by atoms with Gasteiger partial charge in [-0.25, -0.2) is 9.18 Å². The van der Waals surface area contributed by atoms with Gasteiger partial charge >= 0.3 is 5.97 Å². The number of hydrogen-bond donors (Lipinski definition) is 1. The molecule has 1 atom stereocenters. The quantitative estimate of drug-likeness (QED) is 0.799. The van der Waals surface area contributed by atoms with Crippen LogP contribution in [-0.2, 0) is 14.3 Å². The van der Waals surface area contributed by atoms with Gasteiger partial charge < -0.3 is 14.8 Å². The van der Waals surface area contributed by atoms with Crippen LogP contribution in [0.25, 0.3) is 0 Å². The van der Waals surface area contributed by atoms with Gasteiger partial charge in [-0.2, -0.15) is 0 Å². The highest BCUT2D eigenvalue weighted by Gasteiger charge is 2.19. The van der Waals surface area contributed by atoms with Gasteiger partial charge in [-0.05, 0) is 63.1 Å². The molecular weight excluding hydrogens is 337 g/mol. The SMILES string of the molecule is Cc1cc(C)c(OCC(=O)O[C@@H](C)C(=O)Nc2ccc(F)cc2)c(C)c1. The van der Waals surface area contributed by atoms with Crippen LogP contribution >= 0.6 is 0 Å². The molecule has 2 aromatic carbocycles. The summed E-state index contributed by atoms with van der Waals surface area (Å²) in [5, 5.41) is 2.55. The van der Waals surface area contributed by atoms with Crippen LogP contribution in [0.5, 0.6) is 5.75 Å². The molecule has 0 aliphatic heterocycles. The van der Waals surface area contributed by atoms with Crippen molar-refractivity contribution in [2.24, 2.45) is 0 Å². The Labute approximate surface area is 152 Å². The van der Waals surface area contributed by atoms with Crippen LogP contribution in [0.15, 0.2) is 36.4 Å². The van der Waals surface area contributed by atoms with Crippen LogP contribution in [-0.4, -0.2) is 24.6 Å². The average Bonchev–Trinajstić information content (AvgIpc) is 2.55. The minimum absolute atomic E-state index is 0.293. The summed E-state index contributed by atoms with van der Waals surface area (Å²) in [6.45, 7) is 6.95. The number of aryl methyl sites for hydroxylation is 3. The molecular formula is C20H22FNO4. The van der Waals surface area contributed by atoms with E-state index in [9.17, 15) is 14.0 Å². The fourth-order valence-electron chi connectivity index (χ4n) is 2.59. The lowest BCUT2D eigenvalue weighted by Crippen LogP contribution is -2.31. The van der Waals surface area contributed by atoms with Crippen molar-refractivity contribution in [1.82, 2.24) is 0 Å². The Balaban J connectivity index is 1.87. The molecule has 2 aromatic rings. The van der Waals surface area contributed by atoms with Crippen molar-refractivity contribution in [2.75, 3.05) is 11.9 Å². The van der Waals surface area contributed by atoms with Crippen LogP contribution in [0.1, 0.15) is 23.6 Å². The topological polar surface area (TPSA) is 64.6 Å². The van der Waals surface area contributed by atoms with Gasteiger partial charge in [-0.1, -0.05) is 17.7 Å². The molecule has 0 spiro atoms. The fraction of sp³-hybridized carbons (Fsp3) is 0.300. The van der Waals surface area contributed by atoms with Crippen molar-refractivity contribution in [1.29, 1.82) is 0 Å². The number of nitrogens with one attached hydrogen (secondary N) is 1. The zero-order chi connectivity index (χ0) is 19.3. The second-order valence-electron chi connectivity index (χ2n) is 6.14. The number of esters is 1. The lowest BCUT2D eigenvalue weighted by molar-refractivity contribution is -0.155. The van der Waals surface area contributed by atoms with E-state index in [0.717, 1.165) is 16.7 Å². The first-order chi connectivity index (χ1) is 12.3. The van der Waals surface area contributed by atoms with Crippen molar-refractivity contribution in [3.8, 4) is 5.75 Å². The van der Waals surface area contributed by atoms with Gasteiger partial charge in [0, 0.05) is 5.69 Å². The van der Waals surface area contributed by atoms with E-state index >= 15 is 0 Å². The summed E-state index contributed by atoms with van der Waals surface area (Å²) < 4.78 is 23.5. The molecule has 5 nitrogen and oxygen atoms in total. The molecule has 1 amide bonds. The van der Waals surface area contributed by atoms with Gasteiger partial charge in [0.2, 0.25) is 0 Å². The van der Waals surface area contributed by atoms with Crippen molar-refractivity contribution >= 4 is 17.6 Å². The summed E-state index contributed by atoms with van der Waals surface area (Å²) in [6.07, 6.45) is -1.00. The number of ether oxygens (including phenoxy) is 2. The third-order valence-corrected chi connectivity index (χ3v) is 3.73. The van der Waals surface area contributed by atoms with Gasteiger partial charge in [0.15, 0.2) is 12.7 Å². The van der Waals surface area contributed by atoms with E-state index in [2.05, 4.69) is 5.32 Å². The minimum atomic E-state index is -1.00. The molecule has 0 saturated carbocycles. The Morgan fingerprint density at radius 3 is 2.23 bits per heavy atom. The van der Waals surface area contributed by atoms with Crippen LogP contribution < -0.4 is 10.1 Å². The van der Waals surface area contributed by atoms with Crippen LogP contribution in [0.4, 0.5) is 10.1 Å². The molecule has 0 heterocycles. The fourth-order valence-corrected chi connectivity index (χ4v) is 2.59. The Bertz CT molecular complexity index is 779. The summed E-state index contributed by atoms with van der Waals surface area (Å²) in [5.41, 5.74) is 3.39. The number of carbonyl (C=O) groups excluding carboxylic acids is 2. The largest absolute Gasteiger partial charge is 0.481 e. The summed E-state index contributed by atoms with van der Waals surface area (Å²) in [4.78, 5) is 24.0. The number of halogens is 1. The summed E-state index contributed by atoms with van der Waals surface area (Å²) in [5.74, 6) is -0.920. The Hall–Kier alpha value is -2.89. The summed E-state index contributed by atoms with van der Waals surface area (Å²) in [7, 11) is 0. The molecule has 0 aliphatic carbocycles. The second kappa shape index (κ2) is 8.47. The molecule has 0 fully saturated rings. The Kier molecular flexibility index (Phi) is 6.33. The van der Waals surface area contributed by atoms with Crippen LogP contribution in [0, 0.1) is 26.6 Å². The monoisotopic (exact) mass is 359 g/mol. The van der Waals surface area contributed by atoms with Gasteiger partial charge in [0.25, 0.3) is 5.91 Å². The van der Waals surface area contributed by atoms with E-state index < -0.39 is 23.8 Å². The molecule has 2 rings (SSSR count). The van der Waals surface area contributed by atoms with Crippen molar-refractivity contribution < 1.29 is 23.5 Å². The lowest BCUT2D eigenvalue weighted by atomic mass is 10.1. The second-order valence-corrected chi connectivity index (χ2v) is 6.14. The smallest absolute Gasteiger partial charge is 0.344 e. The van der Waals surface area contributed by atoms with E-state index in [1.54, 1.807) is 0 Å². The highest BCUT2D eigenvalue weighted by Crippen LogP contribution is 2.24. The zero-order valence-corrected chi connectivity index (χ0v) is 15.3. The molecule has 0 aliphatic rings. The first kappa shape index (κ1) is 19.4. The van der Waals surface area contributed by atoms with Crippen molar-refractivity contribution in [3.05, 3.63) is 58.9 Å². The maximum atomic E-state index is 12.9. The lowest BCUT2D eigenvalue weighted by Gasteiger charge is -2.15. The minimum Gasteiger partial charge on any atom is -0.481 e. The number of benzene rings is 2. The molecule has 6 heteroatoms. The number of rotatable bonds is 6. The average molecular weight is 359 g/mol. The molecule has 0 saturated heterocycles. The maximum absolute atomic E-state index is 12.9. The molecule has 0 unspecified atom stereocenters. The highest BCUT2D eigenvalue weighted by molar-refractivity contribution is 5.95. The van der Waals surface area contributed by atoms with E-state index in [-0.39, 0.29) is 6.61 Å². The number of carbonyl (C=O) groups is 2. The zero-order valence-electron chi connectivity index (χ0n) is 15.3. The molecule has 0 radical (unpaired) electrons. The Morgan fingerprint density at radius 2 is 1.65 bits per heavy atom. The maximum Gasteiger partial charge on any atom is 0.344 e. The molecule has 0 aromatic heterocycles. The number of hydrogen-bond acceptors (Lipinski definition) is 4. The van der Waals surface area contributed by atoms with Gasteiger partial charge in [-0.15, -0.1) is 0 Å². The van der Waals surface area contributed by atoms with E-state index in [0.29, 0.717) is 11.4 Å². The van der Waals surface area contributed by atoms with E-state index in [1.165, 1.54) is 31.2 Å². The van der Waals surface area contributed by atoms with Gasteiger partial charge in [0.1, 0.15) is 11.6 Å². The van der Waals surface area contributed by atoms with E-state index in [4.69, 9.17) is 9.47 Å². The standard InChI is InChI=1S/C20H22FNO4/c1-12-9-13(2)19(14(3)10-12)25-11-18(23)26-15(4)20(24)22-17-7-5-16(21)6-8-17/h5-10,15H,11H2,1-4H3,(H,22,24)/t15-/m0/s1. The molecule has 1 N–H and O–H groups in total. The van der Waals surface area contributed by atoms with E-state index in [1.807, 2.05) is 32.9 Å². The number of anilines is 1. The summed E-state index contributed by atoms with van der Waals surface area (Å²) in [6, 6.07) is 9.24. The predicted octanol–water partition coefficient (Wildman–Crippen LogP) is 3.70. The Morgan fingerprint density at radius 1 is 1.08 bits per heavy atom. The highest BCUT2D eigenvalue weighted by atomic mass is 19.1. The first-order valence-corrected chi connectivity index (χ1v) is 8.23. The van der Waals surface area contributed by atoms with Crippen LogP contribution in [0.2, 0.25) is 0 Å². The summed E-state index contributed by atoms with van der Waals surface area (Å²) >= 11 is 0. The van der Waals surface area contributed by atoms with Gasteiger partial charge in [0.05, 0.1) is 0 Å². The van der Waals surface area contributed by atoms with Crippen LogP contribution in [0.3, 0.4) is 0 Å². The van der Waals surface area contributed by atoms with Crippen molar-refractivity contribution in [2.45, 2.75) is 33.8 Å². The molecule has 26 heavy (non-hydrogen) atoms. The number of amides is 1. The van der Waals surface area contributed by atoms with Crippen molar-refractivity contribution in [3.63, 3.8) is 0 Å². The first-order valence-electron chi connectivity index (χ1n) is 8.23. The third-order valence-electron chi connectivity index (χ3n) is 3.73. The predicted molar refractivity (Wildman–Crippen MR) is 96.7 cm³/mol. The normalized spacial score (nSPS) is 11.6. The molecule has 138 valence electrons. The molecule has 0 bridgehead atoms. The third kappa shape index (κ3) is 5.31.